The molecule has 0 bridgehead atoms. The third-order valence-electron chi connectivity index (χ3n) is 4.35. The van der Waals surface area contributed by atoms with Gasteiger partial charge in [-0.05, 0) is 38.8 Å². The first-order valence-corrected chi connectivity index (χ1v) is 7.15. The van der Waals surface area contributed by atoms with Crippen molar-refractivity contribution < 1.29 is 4.42 Å². The molecular weight excluding hydrogens is 236 g/mol. The SMILES string of the molecule is CN(Cc1coc2ccccc12)C1CCC(N)CC1. The minimum atomic E-state index is 0.416. The Balaban J connectivity index is 1.70. The lowest BCUT2D eigenvalue weighted by atomic mass is 9.91. The summed E-state index contributed by atoms with van der Waals surface area (Å²) in [6.07, 6.45) is 6.64. The van der Waals surface area contributed by atoms with Crippen LogP contribution in [-0.2, 0) is 6.54 Å². The van der Waals surface area contributed by atoms with E-state index in [1.165, 1.54) is 23.8 Å². The molecule has 102 valence electrons. The maximum atomic E-state index is 5.97. The first kappa shape index (κ1) is 12.7. The van der Waals surface area contributed by atoms with Gasteiger partial charge < -0.3 is 10.2 Å². The van der Waals surface area contributed by atoms with Crippen LogP contribution >= 0.6 is 0 Å². The Morgan fingerprint density at radius 2 is 1.95 bits per heavy atom. The number of nitrogens with zero attached hydrogens (tertiary/aromatic N) is 1. The second-order valence-electron chi connectivity index (χ2n) is 5.74. The van der Waals surface area contributed by atoms with Gasteiger partial charge in [0.15, 0.2) is 0 Å². The zero-order valence-corrected chi connectivity index (χ0v) is 11.5. The second-order valence-corrected chi connectivity index (χ2v) is 5.74. The van der Waals surface area contributed by atoms with Gasteiger partial charge in [-0.2, -0.15) is 0 Å². The Hall–Kier alpha value is -1.32. The fraction of sp³-hybridized carbons (Fsp3) is 0.500. The fourth-order valence-corrected chi connectivity index (χ4v) is 3.10. The van der Waals surface area contributed by atoms with Crippen LogP contribution in [0.2, 0.25) is 0 Å². The molecule has 1 fully saturated rings. The van der Waals surface area contributed by atoms with E-state index in [2.05, 4.69) is 24.1 Å². The Kier molecular flexibility index (Phi) is 3.58. The van der Waals surface area contributed by atoms with Crippen LogP contribution in [0.3, 0.4) is 0 Å². The lowest BCUT2D eigenvalue weighted by Gasteiger charge is -2.33. The zero-order valence-electron chi connectivity index (χ0n) is 11.5. The van der Waals surface area contributed by atoms with Crippen molar-refractivity contribution in [3.63, 3.8) is 0 Å². The van der Waals surface area contributed by atoms with E-state index in [1.807, 2.05) is 18.4 Å². The molecule has 3 nitrogen and oxygen atoms in total. The summed E-state index contributed by atoms with van der Waals surface area (Å²) in [6.45, 7) is 0.955. The minimum Gasteiger partial charge on any atom is -0.464 e. The highest BCUT2D eigenvalue weighted by molar-refractivity contribution is 5.80. The molecule has 3 heteroatoms. The van der Waals surface area contributed by atoms with E-state index in [4.69, 9.17) is 10.2 Å². The van der Waals surface area contributed by atoms with Crippen LogP contribution in [0.4, 0.5) is 0 Å². The quantitative estimate of drug-likeness (QED) is 0.919. The van der Waals surface area contributed by atoms with Crippen LogP contribution in [0.15, 0.2) is 34.9 Å². The molecule has 0 radical (unpaired) electrons. The summed E-state index contributed by atoms with van der Waals surface area (Å²) in [7, 11) is 2.21. The molecule has 1 aliphatic rings. The molecule has 1 heterocycles. The van der Waals surface area contributed by atoms with Gasteiger partial charge >= 0.3 is 0 Å². The van der Waals surface area contributed by atoms with E-state index in [0.29, 0.717) is 12.1 Å². The summed E-state index contributed by atoms with van der Waals surface area (Å²) in [5.74, 6) is 0. The largest absolute Gasteiger partial charge is 0.464 e. The number of hydrogen-bond donors (Lipinski definition) is 1. The lowest BCUT2D eigenvalue weighted by Crippen LogP contribution is -2.38. The third-order valence-corrected chi connectivity index (χ3v) is 4.35. The van der Waals surface area contributed by atoms with Gasteiger partial charge in [0.25, 0.3) is 0 Å². The number of nitrogens with two attached hydrogens (primary N) is 1. The topological polar surface area (TPSA) is 42.4 Å². The molecule has 0 unspecified atom stereocenters. The molecule has 1 aromatic heterocycles. The predicted octanol–water partition coefficient (Wildman–Crippen LogP) is 3.13. The highest BCUT2D eigenvalue weighted by Gasteiger charge is 2.22. The van der Waals surface area contributed by atoms with E-state index in [1.54, 1.807) is 0 Å². The monoisotopic (exact) mass is 258 g/mol. The summed E-state index contributed by atoms with van der Waals surface area (Å²) < 4.78 is 5.61. The first-order chi connectivity index (χ1) is 9.24. The zero-order chi connectivity index (χ0) is 13.2. The molecule has 1 aromatic carbocycles. The van der Waals surface area contributed by atoms with Gasteiger partial charge in [-0.25, -0.2) is 0 Å². The molecule has 0 amide bonds. The summed E-state index contributed by atoms with van der Waals surface area (Å²) in [5.41, 5.74) is 8.24. The average Bonchev–Trinajstić information content (AvgIpc) is 2.83. The van der Waals surface area contributed by atoms with Crippen molar-refractivity contribution in [1.82, 2.24) is 4.90 Å². The van der Waals surface area contributed by atoms with Gasteiger partial charge in [0.05, 0.1) is 6.26 Å². The number of benzene rings is 1. The van der Waals surface area contributed by atoms with E-state index < -0.39 is 0 Å². The van der Waals surface area contributed by atoms with Gasteiger partial charge in [0.1, 0.15) is 5.58 Å². The molecule has 0 saturated heterocycles. The molecule has 0 aliphatic heterocycles. The molecule has 1 saturated carbocycles. The number of fused-ring (bicyclic) bond motifs is 1. The average molecular weight is 258 g/mol. The van der Waals surface area contributed by atoms with Crippen LogP contribution in [0.25, 0.3) is 11.0 Å². The Morgan fingerprint density at radius 3 is 2.74 bits per heavy atom. The molecule has 3 rings (SSSR count). The number of para-hydroxylation sites is 1. The number of rotatable bonds is 3. The molecule has 2 aromatic rings. The molecule has 0 spiro atoms. The smallest absolute Gasteiger partial charge is 0.134 e. The maximum absolute atomic E-state index is 5.97. The summed E-state index contributed by atoms with van der Waals surface area (Å²) in [5, 5.41) is 1.24. The normalized spacial score (nSPS) is 24.2. The van der Waals surface area contributed by atoms with Crippen molar-refractivity contribution in [2.24, 2.45) is 5.73 Å². The lowest BCUT2D eigenvalue weighted by molar-refractivity contribution is 0.176. The van der Waals surface area contributed by atoms with Crippen molar-refractivity contribution in [2.75, 3.05) is 7.05 Å². The standard InChI is InChI=1S/C16H22N2O/c1-18(14-8-6-13(17)7-9-14)10-12-11-19-16-5-3-2-4-15(12)16/h2-5,11,13-14H,6-10,17H2,1H3. The molecule has 0 atom stereocenters. The van der Waals surface area contributed by atoms with Crippen LogP contribution in [0.1, 0.15) is 31.2 Å². The van der Waals surface area contributed by atoms with E-state index >= 15 is 0 Å². The van der Waals surface area contributed by atoms with Crippen LogP contribution in [0.5, 0.6) is 0 Å². The van der Waals surface area contributed by atoms with Crippen LogP contribution in [-0.4, -0.2) is 24.0 Å². The van der Waals surface area contributed by atoms with Crippen molar-refractivity contribution in [1.29, 1.82) is 0 Å². The number of hydrogen-bond acceptors (Lipinski definition) is 3. The Labute approximate surface area is 114 Å². The third kappa shape index (κ3) is 2.67. The van der Waals surface area contributed by atoms with Crippen molar-refractivity contribution in [3.05, 3.63) is 36.1 Å². The first-order valence-electron chi connectivity index (χ1n) is 7.15. The van der Waals surface area contributed by atoms with Gasteiger partial charge in [-0.3, -0.25) is 4.90 Å². The molecular formula is C16H22N2O. The van der Waals surface area contributed by atoms with Gasteiger partial charge in [0, 0.05) is 29.6 Å². The molecule has 1 aliphatic carbocycles. The number of furan rings is 1. The van der Waals surface area contributed by atoms with Gasteiger partial charge in [0.2, 0.25) is 0 Å². The second kappa shape index (κ2) is 5.35. The van der Waals surface area contributed by atoms with Crippen molar-refractivity contribution in [3.8, 4) is 0 Å². The Morgan fingerprint density at radius 1 is 1.21 bits per heavy atom. The summed E-state index contributed by atoms with van der Waals surface area (Å²) in [4.78, 5) is 2.45. The fourth-order valence-electron chi connectivity index (χ4n) is 3.10. The van der Waals surface area contributed by atoms with E-state index in [0.717, 1.165) is 25.0 Å². The van der Waals surface area contributed by atoms with Gasteiger partial charge in [-0.15, -0.1) is 0 Å². The minimum absolute atomic E-state index is 0.416. The van der Waals surface area contributed by atoms with Crippen LogP contribution < -0.4 is 5.73 Å². The summed E-state index contributed by atoms with van der Waals surface area (Å²) in [6, 6.07) is 9.33. The van der Waals surface area contributed by atoms with E-state index in [9.17, 15) is 0 Å². The van der Waals surface area contributed by atoms with Gasteiger partial charge in [-0.1, -0.05) is 18.2 Å². The maximum Gasteiger partial charge on any atom is 0.134 e. The van der Waals surface area contributed by atoms with E-state index in [-0.39, 0.29) is 0 Å². The Bertz CT molecular complexity index is 540. The van der Waals surface area contributed by atoms with Crippen molar-refractivity contribution in [2.45, 2.75) is 44.3 Å². The van der Waals surface area contributed by atoms with Crippen LogP contribution in [0, 0.1) is 0 Å². The predicted molar refractivity (Wildman–Crippen MR) is 77.9 cm³/mol. The van der Waals surface area contributed by atoms with Crippen molar-refractivity contribution >= 4 is 11.0 Å². The highest BCUT2D eigenvalue weighted by atomic mass is 16.3. The molecule has 2 N–H and O–H groups in total. The highest BCUT2D eigenvalue weighted by Crippen LogP contribution is 2.26. The molecule has 19 heavy (non-hydrogen) atoms. The summed E-state index contributed by atoms with van der Waals surface area (Å²) >= 11 is 0.